The van der Waals surface area contributed by atoms with Gasteiger partial charge in [0.25, 0.3) is 0 Å². The fourth-order valence-electron chi connectivity index (χ4n) is 2.83. The van der Waals surface area contributed by atoms with Crippen LogP contribution in [0.1, 0.15) is 31.4 Å². The van der Waals surface area contributed by atoms with E-state index < -0.39 is 0 Å². The summed E-state index contributed by atoms with van der Waals surface area (Å²) in [6.07, 6.45) is 1.83. The van der Waals surface area contributed by atoms with Gasteiger partial charge >= 0.3 is 0 Å². The first-order chi connectivity index (χ1) is 9.77. The number of rotatable bonds is 4. The molecule has 1 N–H and O–H groups in total. The van der Waals surface area contributed by atoms with Crippen molar-refractivity contribution in [1.29, 1.82) is 0 Å². The lowest BCUT2D eigenvalue weighted by Gasteiger charge is -2.31. The van der Waals surface area contributed by atoms with Crippen molar-refractivity contribution in [3.05, 3.63) is 35.9 Å². The van der Waals surface area contributed by atoms with Crippen molar-refractivity contribution in [3.8, 4) is 0 Å². The van der Waals surface area contributed by atoms with E-state index in [1.54, 1.807) is 0 Å². The lowest BCUT2D eigenvalue weighted by molar-refractivity contribution is -0.210. The molecule has 2 heterocycles. The van der Waals surface area contributed by atoms with Crippen molar-refractivity contribution < 1.29 is 14.2 Å². The fraction of sp³-hybridized carbons (Fsp3) is 0.625. The summed E-state index contributed by atoms with van der Waals surface area (Å²) in [7, 11) is 0. The Balaban J connectivity index is 1.48. The molecule has 20 heavy (non-hydrogen) atoms. The van der Waals surface area contributed by atoms with E-state index in [1.165, 1.54) is 5.56 Å². The van der Waals surface area contributed by atoms with Crippen LogP contribution in [0.15, 0.2) is 30.3 Å². The van der Waals surface area contributed by atoms with Crippen molar-refractivity contribution in [2.45, 2.75) is 37.7 Å². The summed E-state index contributed by atoms with van der Waals surface area (Å²) in [6.45, 7) is 5.14. The standard InChI is InChI=1S/C16H23NO3/c1-13(14-5-3-2-4-6-14)17-11-15-12-19-16(20-15)7-9-18-10-8-16/h2-6,13,15,17H,7-12H2,1H3/t13-,15-/m1/s1. The maximum atomic E-state index is 6.11. The molecule has 4 nitrogen and oxygen atoms in total. The Morgan fingerprint density at radius 3 is 2.75 bits per heavy atom. The summed E-state index contributed by atoms with van der Waals surface area (Å²) < 4.78 is 17.4. The highest BCUT2D eigenvalue weighted by atomic mass is 16.7. The molecule has 0 saturated carbocycles. The lowest BCUT2D eigenvalue weighted by Crippen LogP contribution is -2.39. The maximum absolute atomic E-state index is 6.11. The molecule has 2 fully saturated rings. The summed E-state index contributed by atoms with van der Waals surface area (Å²) in [5.41, 5.74) is 1.30. The van der Waals surface area contributed by atoms with Crippen LogP contribution < -0.4 is 5.32 Å². The molecule has 4 heteroatoms. The van der Waals surface area contributed by atoms with Crippen LogP contribution in [0.4, 0.5) is 0 Å². The second-order valence-corrected chi connectivity index (χ2v) is 5.61. The van der Waals surface area contributed by atoms with Gasteiger partial charge in [-0.05, 0) is 12.5 Å². The quantitative estimate of drug-likeness (QED) is 0.916. The van der Waals surface area contributed by atoms with Crippen LogP contribution in [0, 0.1) is 0 Å². The topological polar surface area (TPSA) is 39.7 Å². The minimum Gasteiger partial charge on any atom is -0.381 e. The van der Waals surface area contributed by atoms with E-state index in [4.69, 9.17) is 14.2 Å². The highest BCUT2D eigenvalue weighted by molar-refractivity contribution is 5.18. The fourth-order valence-corrected chi connectivity index (χ4v) is 2.83. The summed E-state index contributed by atoms with van der Waals surface area (Å²) in [5, 5.41) is 3.53. The summed E-state index contributed by atoms with van der Waals surface area (Å²) in [4.78, 5) is 0. The first kappa shape index (κ1) is 14.0. The number of benzene rings is 1. The van der Waals surface area contributed by atoms with Crippen molar-refractivity contribution in [2.24, 2.45) is 0 Å². The van der Waals surface area contributed by atoms with Gasteiger partial charge in [-0.2, -0.15) is 0 Å². The minimum absolute atomic E-state index is 0.138. The molecule has 0 amide bonds. The third kappa shape index (κ3) is 3.20. The van der Waals surface area contributed by atoms with E-state index >= 15 is 0 Å². The molecule has 0 aromatic heterocycles. The molecule has 2 aliphatic heterocycles. The van der Waals surface area contributed by atoms with Gasteiger partial charge in [0.2, 0.25) is 0 Å². The van der Waals surface area contributed by atoms with Gasteiger partial charge < -0.3 is 19.5 Å². The predicted molar refractivity (Wildman–Crippen MR) is 76.5 cm³/mol. The Bertz CT molecular complexity index is 417. The van der Waals surface area contributed by atoms with Crippen molar-refractivity contribution in [2.75, 3.05) is 26.4 Å². The Morgan fingerprint density at radius 2 is 2.00 bits per heavy atom. The van der Waals surface area contributed by atoms with Gasteiger partial charge in [0.1, 0.15) is 0 Å². The molecule has 1 aromatic rings. The van der Waals surface area contributed by atoms with E-state index in [1.807, 2.05) is 6.07 Å². The number of hydrogen-bond acceptors (Lipinski definition) is 4. The molecule has 2 atom stereocenters. The van der Waals surface area contributed by atoms with Gasteiger partial charge in [-0.3, -0.25) is 0 Å². The van der Waals surface area contributed by atoms with Crippen molar-refractivity contribution in [1.82, 2.24) is 5.32 Å². The van der Waals surface area contributed by atoms with Crippen LogP contribution in [0.5, 0.6) is 0 Å². The van der Waals surface area contributed by atoms with Crippen LogP contribution >= 0.6 is 0 Å². The largest absolute Gasteiger partial charge is 0.381 e. The third-order valence-electron chi connectivity index (χ3n) is 4.12. The van der Waals surface area contributed by atoms with E-state index in [-0.39, 0.29) is 11.9 Å². The average molecular weight is 277 g/mol. The smallest absolute Gasteiger partial charge is 0.173 e. The molecule has 1 aromatic carbocycles. The minimum atomic E-state index is -0.374. The molecule has 110 valence electrons. The van der Waals surface area contributed by atoms with E-state index in [0.717, 1.165) is 32.6 Å². The molecule has 3 rings (SSSR count). The lowest BCUT2D eigenvalue weighted by atomic mass is 10.1. The van der Waals surface area contributed by atoms with E-state index in [9.17, 15) is 0 Å². The first-order valence-corrected chi connectivity index (χ1v) is 7.45. The molecule has 0 aliphatic carbocycles. The maximum Gasteiger partial charge on any atom is 0.173 e. The van der Waals surface area contributed by atoms with Crippen LogP contribution in [0.25, 0.3) is 0 Å². The summed E-state index contributed by atoms with van der Waals surface area (Å²) >= 11 is 0. The van der Waals surface area contributed by atoms with Crippen molar-refractivity contribution >= 4 is 0 Å². The van der Waals surface area contributed by atoms with Gasteiger partial charge in [-0.25, -0.2) is 0 Å². The molecular formula is C16H23NO3. The van der Waals surface area contributed by atoms with Gasteiger partial charge in [0, 0.05) is 25.4 Å². The third-order valence-corrected chi connectivity index (χ3v) is 4.12. The molecule has 0 bridgehead atoms. The number of ether oxygens (including phenoxy) is 3. The van der Waals surface area contributed by atoms with Crippen LogP contribution in [-0.4, -0.2) is 38.3 Å². The summed E-state index contributed by atoms with van der Waals surface area (Å²) in [6, 6.07) is 10.8. The van der Waals surface area contributed by atoms with Crippen LogP contribution in [-0.2, 0) is 14.2 Å². The highest BCUT2D eigenvalue weighted by Gasteiger charge is 2.42. The Labute approximate surface area is 120 Å². The zero-order valence-electron chi connectivity index (χ0n) is 12.0. The van der Waals surface area contributed by atoms with Gasteiger partial charge in [0.05, 0.1) is 25.9 Å². The molecule has 2 saturated heterocycles. The number of hydrogen-bond donors (Lipinski definition) is 1. The monoisotopic (exact) mass is 277 g/mol. The zero-order chi connectivity index (χ0) is 13.8. The molecule has 0 radical (unpaired) electrons. The molecular weight excluding hydrogens is 254 g/mol. The Morgan fingerprint density at radius 1 is 1.25 bits per heavy atom. The molecule has 1 spiro atoms. The average Bonchev–Trinajstić information content (AvgIpc) is 2.89. The summed E-state index contributed by atoms with van der Waals surface area (Å²) in [5.74, 6) is -0.374. The van der Waals surface area contributed by atoms with Crippen LogP contribution in [0.3, 0.4) is 0 Å². The first-order valence-electron chi connectivity index (χ1n) is 7.45. The SMILES string of the molecule is C[C@@H](NC[C@@H]1COC2(CCOCC2)O1)c1ccccc1. The number of nitrogens with one attached hydrogen (secondary N) is 1. The highest BCUT2D eigenvalue weighted by Crippen LogP contribution is 2.33. The second-order valence-electron chi connectivity index (χ2n) is 5.61. The predicted octanol–water partition coefficient (Wildman–Crippen LogP) is 2.26. The van der Waals surface area contributed by atoms with Crippen molar-refractivity contribution in [3.63, 3.8) is 0 Å². The normalized spacial score (nSPS) is 26.8. The molecule has 2 aliphatic rings. The Kier molecular flexibility index (Phi) is 4.36. The van der Waals surface area contributed by atoms with E-state index in [0.29, 0.717) is 12.6 Å². The van der Waals surface area contributed by atoms with E-state index in [2.05, 4.69) is 36.5 Å². The van der Waals surface area contributed by atoms with Gasteiger partial charge in [-0.1, -0.05) is 30.3 Å². The zero-order valence-corrected chi connectivity index (χ0v) is 12.0. The molecule has 0 unspecified atom stereocenters. The van der Waals surface area contributed by atoms with Crippen LogP contribution in [0.2, 0.25) is 0 Å². The second kappa shape index (κ2) is 6.22. The van der Waals surface area contributed by atoms with Gasteiger partial charge in [0.15, 0.2) is 5.79 Å². The van der Waals surface area contributed by atoms with Gasteiger partial charge in [-0.15, -0.1) is 0 Å². The Hall–Kier alpha value is -0.940.